The van der Waals surface area contributed by atoms with Gasteiger partial charge in [-0.1, -0.05) is 12.1 Å². The van der Waals surface area contributed by atoms with Crippen LogP contribution in [0.4, 0.5) is 0 Å². The van der Waals surface area contributed by atoms with Crippen molar-refractivity contribution in [2.24, 2.45) is 0 Å². The number of ketones is 1. The number of sulfone groups is 1. The summed E-state index contributed by atoms with van der Waals surface area (Å²) in [5.74, 6) is 0.338. The zero-order valence-electron chi connectivity index (χ0n) is 9.19. The van der Waals surface area contributed by atoms with Gasteiger partial charge in [-0.3, -0.25) is 4.79 Å². The molecule has 0 aromatic heterocycles. The van der Waals surface area contributed by atoms with E-state index >= 15 is 0 Å². The zero-order valence-corrected chi connectivity index (χ0v) is 10.0. The number of carbonyl (C=O) groups excluding carboxylic acids is 1. The second kappa shape index (κ2) is 4.01. The Morgan fingerprint density at radius 1 is 1.38 bits per heavy atom. The highest BCUT2D eigenvalue weighted by atomic mass is 32.2. The van der Waals surface area contributed by atoms with Crippen molar-refractivity contribution >= 4 is 15.6 Å². The molecule has 1 aliphatic heterocycles. The molecule has 0 aliphatic carbocycles. The Balaban J connectivity index is 2.43. The van der Waals surface area contributed by atoms with Crippen molar-refractivity contribution in [2.45, 2.75) is 31.1 Å². The van der Waals surface area contributed by atoms with E-state index in [1.165, 1.54) is 6.92 Å². The third-order valence-electron chi connectivity index (χ3n) is 2.77. The third-order valence-corrected chi connectivity index (χ3v) is 4.67. The van der Waals surface area contributed by atoms with Gasteiger partial charge in [-0.2, -0.15) is 0 Å². The highest BCUT2D eigenvalue weighted by Crippen LogP contribution is 2.25. The zero-order chi connectivity index (χ0) is 11.8. The summed E-state index contributed by atoms with van der Waals surface area (Å²) in [6.07, 6.45) is 1.85. The molecule has 0 spiro atoms. The maximum atomic E-state index is 11.7. The molecule has 1 aromatic rings. The van der Waals surface area contributed by atoms with Crippen LogP contribution in [0.25, 0.3) is 0 Å². The second-order valence-electron chi connectivity index (χ2n) is 4.24. The quantitative estimate of drug-likeness (QED) is 0.785. The monoisotopic (exact) mass is 238 g/mol. The molecule has 2 rings (SSSR count). The van der Waals surface area contributed by atoms with Gasteiger partial charge in [0.25, 0.3) is 0 Å². The fourth-order valence-electron chi connectivity index (χ4n) is 2.09. The summed E-state index contributed by atoms with van der Waals surface area (Å²) >= 11 is 0. The molecule has 1 aromatic carbocycles. The SMILES string of the molecule is CC(=O)Cc1ccc2c(c1)CCCS2(=O)=O. The van der Waals surface area contributed by atoms with E-state index in [0.717, 1.165) is 17.5 Å². The first kappa shape index (κ1) is 11.3. The first-order chi connectivity index (χ1) is 7.49. The van der Waals surface area contributed by atoms with Crippen molar-refractivity contribution in [2.75, 3.05) is 5.75 Å². The number of carbonyl (C=O) groups is 1. The van der Waals surface area contributed by atoms with Crippen LogP contribution in [-0.4, -0.2) is 20.0 Å². The first-order valence-corrected chi connectivity index (χ1v) is 6.98. The van der Waals surface area contributed by atoms with Gasteiger partial charge in [-0.25, -0.2) is 8.42 Å². The molecular weight excluding hydrogens is 224 g/mol. The molecule has 1 heterocycles. The van der Waals surface area contributed by atoms with E-state index in [-0.39, 0.29) is 11.5 Å². The van der Waals surface area contributed by atoms with E-state index in [4.69, 9.17) is 0 Å². The summed E-state index contributed by atoms with van der Waals surface area (Å²) in [5.41, 5.74) is 1.77. The minimum atomic E-state index is -3.07. The molecule has 4 heteroatoms. The Bertz CT molecular complexity index is 529. The molecule has 0 saturated heterocycles. The van der Waals surface area contributed by atoms with Crippen molar-refractivity contribution in [3.63, 3.8) is 0 Å². The lowest BCUT2D eigenvalue weighted by Crippen LogP contribution is -2.16. The van der Waals surface area contributed by atoms with Gasteiger partial charge in [0.2, 0.25) is 0 Å². The molecule has 0 bridgehead atoms. The van der Waals surface area contributed by atoms with E-state index < -0.39 is 9.84 Å². The molecule has 0 saturated carbocycles. The van der Waals surface area contributed by atoms with Crippen LogP contribution in [0.15, 0.2) is 23.1 Å². The van der Waals surface area contributed by atoms with Crippen molar-refractivity contribution < 1.29 is 13.2 Å². The third kappa shape index (κ3) is 2.16. The summed E-state index contributed by atoms with van der Waals surface area (Å²) in [6.45, 7) is 1.54. The van der Waals surface area contributed by atoms with Crippen LogP contribution in [0.1, 0.15) is 24.5 Å². The molecule has 3 nitrogen and oxygen atoms in total. The lowest BCUT2D eigenvalue weighted by atomic mass is 10.0. The second-order valence-corrected chi connectivity index (χ2v) is 6.32. The number of rotatable bonds is 2. The molecule has 0 N–H and O–H groups in total. The van der Waals surface area contributed by atoms with Crippen LogP contribution in [0, 0.1) is 0 Å². The fraction of sp³-hybridized carbons (Fsp3) is 0.417. The normalized spacial score (nSPS) is 17.8. The van der Waals surface area contributed by atoms with Gasteiger partial charge in [0, 0.05) is 6.42 Å². The van der Waals surface area contributed by atoms with E-state index in [1.807, 2.05) is 6.07 Å². The molecular formula is C12H14O3S. The number of benzene rings is 1. The van der Waals surface area contributed by atoms with Crippen LogP contribution >= 0.6 is 0 Å². The van der Waals surface area contributed by atoms with Gasteiger partial charge in [0.15, 0.2) is 9.84 Å². The van der Waals surface area contributed by atoms with Gasteiger partial charge in [-0.15, -0.1) is 0 Å². The predicted octanol–water partition coefficient (Wildman–Crippen LogP) is 1.54. The van der Waals surface area contributed by atoms with Crippen molar-refractivity contribution in [1.29, 1.82) is 0 Å². The molecule has 0 fully saturated rings. The van der Waals surface area contributed by atoms with Crippen LogP contribution in [0.5, 0.6) is 0 Å². The lowest BCUT2D eigenvalue weighted by Gasteiger charge is -2.16. The fourth-order valence-corrected chi connectivity index (χ4v) is 3.67. The minimum Gasteiger partial charge on any atom is -0.300 e. The Labute approximate surface area is 95.4 Å². The Morgan fingerprint density at radius 3 is 2.81 bits per heavy atom. The maximum absolute atomic E-state index is 11.7. The summed E-state index contributed by atoms with van der Waals surface area (Å²) in [6, 6.07) is 5.23. The van der Waals surface area contributed by atoms with Crippen LogP contribution in [0.2, 0.25) is 0 Å². The van der Waals surface area contributed by atoms with Crippen molar-refractivity contribution in [1.82, 2.24) is 0 Å². The van der Waals surface area contributed by atoms with Gasteiger partial charge < -0.3 is 0 Å². The summed E-state index contributed by atoms with van der Waals surface area (Å²) < 4.78 is 23.5. The van der Waals surface area contributed by atoms with E-state index in [0.29, 0.717) is 17.7 Å². The topological polar surface area (TPSA) is 51.2 Å². The number of aryl methyl sites for hydroxylation is 1. The van der Waals surface area contributed by atoms with E-state index in [9.17, 15) is 13.2 Å². The summed E-state index contributed by atoms with van der Waals surface area (Å²) in [4.78, 5) is 11.4. The Morgan fingerprint density at radius 2 is 2.12 bits per heavy atom. The van der Waals surface area contributed by atoms with E-state index in [2.05, 4.69) is 0 Å². The standard InChI is InChI=1S/C12H14O3S/c1-9(13)7-10-4-5-12-11(8-10)3-2-6-16(12,14)15/h4-5,8H,2-3,6-7H2,1H3. The predicted molar refractivity (Wildman–Crippen MR) is 61.2 cm³/mol. The Hall–Kier alpha value is -1.16. The highest BCUT2D eigenvalue weighted by molar-refractivity contribution is 7.91. The lowest BCUT2D eigenvalue weighted by molar-refractivity contribution is -0.116. The van der Waals surface area contributed by atoms with Crippen LogP contribution in [0.3, 0.4) is 0 Å². The molecule has 1 aliphatic rings. The van der Waals surface area contributed by atoms with Crippen LogP contribution in [-0.2, 0) is 27.5 Å². The largest absolute Gasteiger partial charge is 0.300 e. The molecule has 16 heavy (non-hydrogen) atoms. The maximum Gasteiger partial charge on any atom is 0.178 e. The number of hydrogen-bond acceptors (Lipinski definition) is 3. The average molecular weight is 238 g/mol. The molecule has 0 radical (unpaired) electrons. The Kier molecular flexibility index (Phi) is 2.84. The smallest absolute Gasteiger partial charge is 0.178 e. The number of Topliss-reactive ketones (excluding diaryl/α,β-unsaturated/α-hetero) is 1. The molecule has 0 atom stereocenters. The van der Waals surface area contributed by atoms with Crippen LogP contribution < -0.4 is 0 Å². The van der Waals surface area contributed by atoms with Gasteiger partial charge in [-0.05, 0) is 37.0 Å². The van der Waals surface area contributed by atoms with Crippen molar-refractivity contribution in [3.8, 4) is 0 Å². The minimum absolute atomic E-state index is 0.0959. The molecule has 0 amide bonds. The van der Waals surface area contributed by atoms with Gasteiger partial charge in [0.05, 0.1) is 10.6 Å². The molecule has 0 unspecified atom stereocenters. The average Bonchev–Trinajstić information content (AvgIpc) is 2.15. The molecule has 86 valence electrons. The number of hydrogen-bond donors (Lipinski definition) is 0. The summed E-state index contributed by atoms with van der Waals surface area (Å²) in [7, 11) is -3.07. The summed E-state index contributed by atoms with van der Waals surface area (Å²) in [5, 5.41) is 0. The number of fused-ring (bicyclic) bond motifs is 1. The first-order valence-electron chi connectivity index (χ1n) is 5.33. The van der Waals surface area contributed by atoms with E-state index in [1.54, 1.807) is 12.1 Å². The van der Waals surface area contributed by atoms with Gasteiger partial charge >= 0.3 is 0 Å². The van der Waals surface area contributed by atoms with Gasteiger partial charge in [0.1, 0.15) is 5.78 Å². The highest BCUT2D eigenvalue weighted by Gasteiger charge is 2.23. The van der Waals surface area contributed by atoms with Crippen molar-refractivity contribution in [3.05, 3.63) is 29.3 Å².